The van der Waals surface area contributed by atoms with E-state index in [2.05, 4.69) is 5.32 Å². The van der Waals surface area contributed by atoms with E-state index in [9.17, 15) is 9.59 Å². The Morgan fingerprint density at radius 1 is 0.900 bits per heavy atom. The van der Waals surface area contributed by atoms with Crippen molar-refractivity contribution in [2.75, 3.05) is 6.54 Å². The molecule has 2 rings (SSSR count). The van der Waals surface area contributed by atoms with E-state index < -0.39 is 6.04 Å². The van der Waals surface area contributed by atoms with Gasteiger partial charge in [-0.2, -0.15) is 0 Å². The van der Waals surface area contributed by atoms with Crippen LogP contribution >= 0.6 is 46.4 Å². The third-order valence-corrected chi connectivity index (χ3v) is 6.13. The first kappa shape index (κ1) is 24.8. The van der Waals surface area contributed by atoms with Gasteiger partial charge in [0.25, 0.3) is 0 Å². The van der Waals surface area contributed by atoms with Gasteiger partial charge in [-0.05, 0) is 42.7 Å². The minimum absolute atomic E-state index is 0.0435. The maximum Gasteiger partial charge on any atom is 0.242 e. The topological polar surface area (TPSA) is 49.4 Å². The Hall–Kier alpha value is -1.46. The van der Waals surface area contributed by atoms with Crippen LogP contribution in [0, 0.1) is 0 Å². The van der Waals surface area contributed by atoms with E-state index in [1.54, 1.807) is 36.4 Å². The van der Waals surface area contributed by atoms with Crippen LogP contribution in [0.15, 0.2) is 36.4 Å². The first-order valence-corrected chi connectivity index (χ1v) is 11.2. The number of carbonyl (C=O) groups is 2. The summed E-state index contributed by atoms with van der Waals surface area (Å²) in [5, 5.41) is 4.53. The average Bonchev–Trinajstić information content (AvgIpc) is 2.71. The lowest BCUT2D eigenvalue weighted by molar-refractivity contribution is -0.140. The Labute approximate surface area is 197 Å². The molecule has 2 aromatic rings. The zero-order chi connectivity index (χ0) is 22.3. The van der Waals surface area contributed by atoms with Crippen LogP contribution in [0.5, 0.6) is 0 Å². The summed E-state index contributed by atoms with van der Waals surface area (Å²) in [4.78, 5) is 27.7. The van der Waals surface area contributed by atoms with Crippen LogP contribution in [0.3, 0.4) is 0 Å². The molecule has 0 saturated carbocycles. The van der Waals surface area contributed by atoms with Crippen molar-refractivity contribution in [2.45, 2.75) is 45.7 Å². The maximum absolute atomic E-state index is 13.4. The van der Waals surface area contributed by atoms with Crippen molar-refractivity contribution < 1.29 is 9.59 Å². The summed E-state index contributed by atoms with van der Waals surface area (Å²) in [6, 6.07) is 9.52. The smallest absolute Gasteiger partial charge is 0.242 e. The summed E-state index contributed by atoms with van der Waals surface area (Å²) in [5.41, 5.74) is 1.10. The molecule has 0 aliphatic carbocycles. The molecule has 8 heteroatoms. The molecule has 0 unspecified atom stereocenters. The lowest BCUT2D eigenvalue weighted by atomic mass is 10.1. The molecule has 0 aromatic heterocycles. The molecule has 2 amide bonds. The molecule has 1 N–H and O–H groups in total. The van der Waals surface area contributed by atoms with Crippen molar-refractivity contribution in [1.29, 1.82) is 0 Å². The van der Waals surface area contributed by atoms with Gasteiger partial charge in [-0.3, -0.25) is 9.59 Å². The Morgan fingerprint density at radius 2 is 1.40 bits per heavy atom. The highest BCUT2D eigenvalue weighted by atomic mass is 35.5. The number of hydrogen-bond acceptors (Lipinski definition) is 2. The quantitative estimate of drug-likeness (QED) is 0.457. The minimum atomic E-state index is -0.683. The van der Waals surface area contributed by atoms with Crippen LogP contribution in [-0.2, 0) is 22.6 Å². The van der Waals surface area contributed by atoms with Gasteiger partial charge in [-0.25, -0.2) is 0 Å². The predicted octanol–water partition coefficient (Wildman–Crippen LogP) is 6.18. The zero-order valence-electron chi connectivity index (χ0n) is 16.9. The van der Waals surface area contributed by atoms with Crippen LogP contribution in [0.25, 0.3) is 0 Å². The van der Waals surface area contributed by atoms with Crippen LogP contribution in [0.2, 0.25) is 20.1 Å². The van der Waals surface area contributed by atoms with Crippen molar-refractivity contribution in [3.05, 3.63) is 67.6 Å². The second kappa shape index (κ2) is 11.8. The highest BCUT2D eigenvalue weighted by molar-refractivity contribution is 6.36. The van der Waals surface area contributed by atoms with Gasteiger partial charge in [-0.15, -0.1) is 0 Å². The number of amides is 2. The van der Waals surface area contributed by atoms with Crippen LogP contribution in [0.1, 0.15) is 37.8 Å². The fraction of sp³-hybridized carbons (Fsp3) is 0.364. The molecule has 4 nitrogen and oxygen atoms in total. The molecule has 0 fully saturated rings. The molecule has 0 bridgehead atoms. The Bertz CT molecular complexity index is 864. The van der Waals surface area contributed by atoms with Crippen molar-refractivity contribution >= 4 is 58.2 Å². The summed E-state index contributed by atoms with van der Waals surface area (Å²) >= 11 is 25.2. The van der Waals surface area contributed by atoms with Gasteiger partial charge >= 0.3 is 0 Å². The fourth-order valence-electron chi connectivity index (χ4n) is 3.09. The second-order valence-electron chi connectivity index (χ2n) is 6.81. The normalized spacial score (nSPS) is 11.8. The first-order valence-electron chi connectivity index (χ1n) is 9.73. The van der Waals surface area contributed by atoms with Gasteiger partial charge in [0.05, 0.1) is 6.42 Å². The molecule has 0 saturated heterocycles. The molecule has 2 aromatic carbocycles. The molecule has 30 heavy (non-hydrogen) atoms. The molecular weight excluding hydrogens is 466 g/mol. The van der Waals surface area contributed by atoms with E-state index in [1.165, 1.54) is 4.90 Å². The molecule has 0 spiro atoms. The minimum Gasteiger partial charge on any atom is -0.354 e. The largest absolute Gasteiger partial charge is 0.354 e. The lowest BCUT2D eigenvalue weighted by Gasteiger charge is -2.31. The van der Waals surface area contributed by atoms with Crippen molar-refractivity contribution in [3.63, 3.8) is 0 Å². The van der Waals surface area contributed by atoms with Crippen molar-refractivity contribution in [2.24, 2.45) is 0 Å². The first-order chi connectivity index (χ1) is 14.3. The third kappa shape index (κ3) is 6.27. The Balaban J connectivity index is 2.41. The summed E-state index contributed by atoms with van der Waals surface area (Å²) in [6.45, 7) is 4.44. The number of rotatable bonds is 9. The second-order valence-corrected chi connectivity index (χ2v) is 8.44. The van der Waals surface area contributed by atoms with E-state index in [1.807, 2.05) is 13.8 Å². The molecule has 0 heterocycles. The summed E-state index contributed by atoms with van der Waals surface area (Å²) < 4.78 is 0. The summed E-state index contributed by atoms with van der Waals surface area (Å²) in [7, 11) is 0. The van der Waals surface area contributed by atoms with Gasteiger partial charge in [0.15, 0.2) is 0 Å². The zero-order valence-corrected chi connectivity index (χ0v) is 19.9. The van der Waals surface area contributed by atoms with Gasteiger partial charge in [0.1, 0.15) is 6.04 Å². The van der Waals surface area contributed by atoms with Gasteiger partial charge in [-0.1, -0.05) is 72.4 Å². The number of nitrogens with one attached hydrogen (secondary N) is 1. The standard InChI is InChI=1S/C22H24Cl4N2O2/c1-3-11-27-22(30)20(4-2)28(13-15-18(25)9-6-10-19(15)26)21(29)12-14-16(23)7-5-8-17(14)24/h5-10,20H,3-4,11-13H2,1-2H3,(H,27,30)/t20-/m0/s1. The van der Waals surface area contributed by atoms with E-state index in [-0.39, 0.29) is 24.8 Å². The maximum atomic E-state index is 13.4. The number of nitrogens with zero attached hydrogens (tertiary/aromatic N) is 1. The van der Waals surface area contributed by atoms with E-state index in [0.29, 0.717) is 44.2 Å². The van der Waals surface area contributed by atoms with Crippen molar-refractivity contribution in [1.82, 2.24) is 10.2 Å². The molecule has 0 radical (unpaired) electrons. The van der Waals surface area contributed by atoms with Gasteiger partial charge in [0, 0.05) is 38.7 Å². The number of benzene rings is 2. The Kier molecular flexibility index (Phi) is 9.76. The number of hydrogen-bond donors (Lipinski definition) is 1. The van der Waals surface area contributed by atoms with E-state index >= 15 is 0 Å². The highest BCUT2D eigenvalue weighted by Crippen LogP contribution is 2.29. The third-order valence-electron chi connectivity index (χ3n) is 4.71. The van der Waals surface area contributed by atoms with Gasteiger partial charge < -0.3 is 10.2 Å². The number of carbonyl (C=O) groups excluding carboxylic acids is 2. The highest BCUT2D eigenvalue weighted by Gasteiger charge is 2.30. The van der Waals surface area contributed by atoms with Gasteiger partial charge in [0.2, 0.25) is 11.8 Å². The SMILES string of the molecule is CCCNC(=O)[C@H](CC)N(Cc1c(Cl)cccc1Cl)C(=O)Cc1c(Cl)cccc1Cl. The molecular formula is C22H24Cl4N2O2. The summed E-state index contributed by atoms with van der Waals surface area (Å²) in [5.74, 6) is -0.513. The average molecular weight is 490 g/mol. The van der Waals surface area contributed by atoms with E-state index in [0.717, 1.165) is 6.42 Å². The summed E-state index contributed by atoms with van der Waals surface area (Å²) in [6.07, 6.45) is 1.18. The number of halogens is 4. The molecule has 1 atom stereocenters. The van der Waals surface area contributed by atoms with E-state index in [4.69, 9.17) is 46.4 Å². The molecule has 162 valence electrons. The van der Waals surface area contributed by atoms with Crippen LogP contribution < -0.4 is 5.32 Å². The molecule has 0 aliphatic heterocycles. The van der Waals surface area contributed by atoms with Crippen LogP contribution in [0.4, 0.5) is 0 Å². The lowest BCUT2D eigenvalue weighted by Crippen LogP contribution is -2.49. The van der Waals surface area contributed by atoms with Crippen molar-refractivity contribution in [3.8, 4) is 0 Å². The van der Waals surface area contributed by atoms with Crippen LogP contribution in [-0.4, -0.2) is 29.3 Å². The molecule has 0 aliphatic rings. The monoisotopic (exact) mass is 488 g/mol. The predicted molar refractivity (Wildman–Crippen MR) is 125 cm³/mol. The fourth-order valence-corrected chi connectivity index (χ4v) is 4.14. The Morgan fingerprint density at radius 3 is 1.87 bits per heavy atom.